The standard InChI is InChI=1S/C11H13NO3/c1-8(11(12)14)15-10(13)7-9-5-3-2-4-6-9/h2-6,8H,7H2,1H3,(H2,12,14)/t8-/m1/s1. The van der Waals surface area contributed by atoms with Crippen LogP contribution in [0.15, 0.2) is 30.3 Å². The lowest BCUT2D eigenvalue weighted by atomic mass is 10.1. The molecule has 0 radical (unpaired) electrons. The van der Waals surface area contributed by atoms with Crippen LogP contribution in [0.1, 0.15) is 12.5 Å². The van der Waals surface area contributed by atoms with Gasteiger partial charge in [0.1, 0.15) is 0 Å². The maximum absolute atomic E-state index is 11.3. The van der Waals surface area contributed by atoms with Gasteiger partial charge in [0.25, 0.3) is 5.91 Å². The summed E-state index contributed by atoms with van der Waals surface area (Å²) in [6, 6.07) is 9.16. The number of carbonyl (C=O) groups excluding carboxylic acids is 2. The highest BCUT2D eigenvalue weighted by molar-refractivity contribution is 5.82. The van der Waals surface area contributed by atoms with Crippen molar-refractivity contribution in [1.29, 1.82) is 0 Å². The summed E-state index contributed by atoms with van der Waals surface area (Å²) < 4.78 is 4.80. The van der Waals surface area contributed by atoms with E-state index in [1.54, 1.807) is 0 Å². The van der Waals surface area contributed by atoms with E-state index in [2.05, 4.69) is 0 Å². The molecule has 0 bridgehead atoms. The summed E-state index contributed by atoms with van der Waals surface area (Å²) in [5.41, 5.74) is 5.81. The third-order valence-electron chi connectivity index (χ3n) is 1.90. The number of esters is 1. The van der Waals surface area contributed by atoms with E-state index in [-0.39, 0.29) is 6.42 Å². The third-order valence-corrected chi connectivity index (χ3v) is 1.90. The summed E-state index contributed by atoms with van der Waals surface area (Å²) in [4.78, 5) is 21.9. The van der Waals surface area contributed by atoms with E-state index >= 15 is 0 Å². The molecule has 0 aliphatic heterocycles. The Kier molecular flexibility index (Phi) is 3.85. The minimum atomic E-state index is -0.874. The molecule has 0 aromatic heterocycles. The first-order valence-corrected chi connectivity index (χ1v) is 4.62. The number of nitrogens with two attached hydrogens (primary N) is 1. The molecule has 0 aliphatic rings. The zero-order valence-electron chi connectivity index (χ0n) is 8.47. The van der Waals surface area contributed by atoms with Crippen molar-refractivity contribution in [2.45, 2.75) is 19.4 Å². The van der Waals surface area contributed by atoms with E-state index in [1.165, 1.54) is 6.92 Å². The number of rotatable bonds is 4. The molecule has 4 nitrogen and oxygen atoms in total. The highest BCUT2D eigenvalue weighted by atomic mass is 16.5. The van der Waals surface area contributed by atoms with Crippen LogP contribution in [0.25, 0.3) is 0 Å². The van der Waals surface area contributed by atoms with Gasteiger partial charge in [-0.2, -0.15) is 0 Å². The predicted molar refractivity (Wildman–Crippen MR) is 54.9 cm³/mol. The third kappa shape index (κ3) is 3.81. The zero-order chi connectivity index (χ0) is 11.3. The SMILES string of the molecule is C[C@@H](OC(=O)Cc1ccccc1)C(N)=O. The number of hydrogen-bond donors (Lipinski definition) is 1. The van der Waals surface area contributed by atoms with Crippen LogP contribution in [0.5, 0.6) is 0 Å². The highest BCUT2D eigenvalue weighted by Crippen LogP contribution is 2.02. The summed E-state index contributed by atoms with van der Waals surface area (Å²) in [7, 11) is 0. The smallest absolute Gasteiger partial charge is 0.311 e. The average Bonchev–Trinajstić information content (AvgIpc) is 2.18. The molecule has 1 atom stereocenters. The topological polar surface area (TPSA) is 69.4 Å². The highest BCUT2D eigenvalue weighted by Gasteiger charge is 2.14. The van der Waals surface area contributed by atoms with Crippen molar-refractivity contribution in [3.05, 3.63) is 35.9 Å². The van der Waals surface area contributed by atoms with E-state index in [1.807, 2.05) is 30.3 Å². The van der Waals surface area contributed by atoms with Crippen LogP contribution < -0.4 is 5.73 Å². The molecule has 4 heteroatoms. The normalized spacial score (nSPS) is 11.8. The van der Waals surface area contributed by atoms with Gasteiger partial charge in [-0.3, -0.25) is 9.59 Å². The van der Waals surface area contributed by atoms with Crippen LogP contribution in [0.3, 0.4) is 0 Å². The molecule has 15 heavy (non-hydrogen) atoms. The van der Waals surface area contributed by atoms with Gasteiger partial charge in [0.15, 0.2) is 6.10 Å². The molecule has 0 saturated carbocycles. The number of carbonyl (C=O) groups is 2. The number of amides is 1. The van der Waals surface area contributed by atoms with Crippen LogP contribution in [-0.4, -0.2) is 18.0 Å². The predicted octanol–water partition coefficient (Wildman–Crippen LogP) is 0.646. The van der Waals surface area contributed by atoms with E-state index in [0.717, 1.165) is 5.56 Å². The monoisotopic (exact) mass is 207 g/mol. The van der Waals surface area contributed by atoms with Crippen molar-refractivity contribution in [2.75, 3.05) is 0 Å². The number of primary amides is 1. The van der Waals surface area contributed by atoms with E-state index in [0.29, 0.717) is 0 Å². The van der Waals surface area contributed by atoms with Gasteiger partial charge in [-0.25, -0.2) is 0 Å². The molecular formula is C11H13NO3. The molecule has 1 amide bonds. The Morgan fingerprint density at radius 3 is 2.47 bits per heavy atom. The van der Waals surface area contributed by atoms with E-state index < -0.39 is 18.0 Å². The molecule has 0 heterocycles. The lowest BCUT2D eigenvalue weighted by Gasteiger charge is -2.09. The molecule has 0 spiro atoms. The Balaban J connectivity index is 2.47. The summed E-state index contributed by atoms with van der Waals surface area (Å²) in [6.07, 6.45) is -0.723. The minimum absolute atomic E-state index is 0.151. The first-order valence-electron chi connectivity index (χ1n) is 4.62. The number of ether oxygens (including phenoxy) is 1. The lowest BCUT2D eigenvalue weighted by Crippen LogP contribution is -2.30. The van der Waals surface area contributed by atoms with Crippen LogP contribution in [-0.2, 0) is 20.7 Å². The van der Waals surface area contributed by atoms with Crippen LogP contribution >= 0.6 is 0 Å². The fraction of sp³-hybridized carbons (Fsp3) is 0.273. The molecule has 80 valence electrons. The second-order valence-corrected chi connectivity index (χ2v) is 3.20. The van der Waals surface area contributed by atoms with Gasteiger partial charge >= 0.3 is 5.97 Å². The minimum Gasteiger partial charge on any atom is -0.452 e. The fourth-order valence-corrected chi connectivity index (χ4v) is 1.06. The Bertz CT molecular complexity index is 348. The Morgan fingerprint density at radius 1 is 1.33 bits per heavy atom. The molecule has 1 aromatic rings. The lowest BCUT2D eigenvalue weighted by molar-refractivity contribution is -0.153. The average molecular weight is 207 g/mol. The van der Waals surface area contributed by atoms with Crippen LogP contribution in [0.2, 0.25) is 0 Å². The van der Waals surface area contributed by atoms with Crippen molar-refractivity contribution in [3.8, 4) is 0 Å². The van der Waals surface area contributed by atoms with E-state index in [4.69, 9.17) is 10.5 Å². The van der Waals surface area contributed by atoms with Crippen LogP contribution in [0, 0.1) is 0 Å². The Hall–Kier alpha value is -1.84. The van der Waals surface area contributed by atoms with Gasteiger partial charge in [-0.05, 0) is 12.5 Å². The second-order valence-electron chi connectivity index (χ2n) is 3.20. The van der Waals surface area contributed by atoms with E-state index in [9.17, 15) is 9.59 Å². The molecule has 1 aromatic carbocycles. The Labute approximate surface area is 88.0 Å². The first-order chi connectivity index (χ1) is 7.09. The summed E-state index contributed by atoms with van der Waals surface area (Å²) >= 11 is 0. The first kappa shape index (κ1) is 11.2. The molecule has 2 N–H and O–H groups in total. The zero-order valence-corrected chi connectivity index (χ0v) is 8.47. The molecule has 0 unspecified atom stereocenters. The van der Waals surface area contributed by atoms with Crippen molar-refractivity contribution in [2.24, 2.45) is 5.73 Å². The largest absolute Gasteiger partial charge is 0.452 e. The number of hydrogen-bond acceptors (Lipinski definition) is 3. The second kappa shape index (κ2) is 5.14. The molecule has 0 fully saturated rings. The fourth-order valence-electron chi connectivity index (χ4n) is 1.06. The molecule has 0 aliphatic carbocycles. The maximum atomic E-state index is 11.3. The van der Waals surface area contributed by atoms with Crippen LogP contribution in [0.4, 0.5) is 0 Å². The Morgan fingerprint density at radius 2 is 1.93 bits per heavy atom. The van der Waals surface area contributed by atoms with Gasteiger partial charge in [-0.1, -0.05) is 30.3 Å². The summed E-state index contributed by atoms with van der Waals surface area (Å²) in [5, 5.41) is 0. The van der Waals surface area contributed by atoms with Gasteiger partial charge in [0, 0.05) is 0 Å². The summed E-state index contributed by atoms with van der Waals surface area (Å²) in [6.45, 7) is 1.45. The van der Waals surface area contributed by atoms with Crippen molar-refractivity contribution >= 4 is 11.9 Å². The van der Waals surface area contributed by atoms with Gasteiger partial charge in [-0.15, -0.1) is 0 Å². The van der Waals surface area contributed by atoms with Crippen molar-refractivity contribution in [3.63, 3.8) is 0 Å². The van der Waals surface area contributed by atoms with Crippen molar-refractivity contribution < 1.29 is 14.3 Å². The van der Waals surface area contributed by atoms with Gasteiger partial charge in [0.2, 0.25) is 0 Å². The van der Waals surface area contributed by atoms with Gasteiger partial charge < -0.3 is 10.5 Å². The summed E-state index contributed by atoms with van der Waals surface area (Å²) in [5.74, 6) is -1.09. The number of benzene rings is 1. The molecule has 0 saturated heterocycles. The molecular weight excluding hydrogens is 194 g/mol. The van der Waals surface area contributed by atoms with Crippen molar-refractivity contribution in [1.82, 2.24) is 0 Å². The molecule has 1 rings (SSSR count). The van der Waals surface area contributed by atoms with Gasteiger partial charge in [0.05, 0.1) is 6.42 Å². The quantitative estimate of drug-likeness (QED) is 0.737. The maximum Gasteiger partial charge on any atom is 0.311 e.